The Morgan fingerprint density at radius 1 is 1.20 bits per heavy atom. The standard InChI is InChI=1S/C14H20N4O2/c1-9-3-2-8-16-12(9)13(19)17-10-4-6-11(7-5-10)18-14(15)20/h4-7,9,12,16H,2-3,8H2,1H3,(H,17,19)(H3,15,18,20). The Balaban J connectivity index is 1.95. The fourth-order valence-corrected chi connectivity index (χ4v) is 2.40. The Bertz CT molecular complexity index is 486. The first kappa shape index (κ1) is 14.3. The van der Waals surface area contributed by atoms with Crippen LogP contribution in [0.1, 0.15) is 19.8 Å². The van der Waals surface area contributed by atoms with Gasteiger partial charge < -0.3 is 21.7 Å². The maximum atomic E-state index is 12.2. The summed E-state index contributed by atoms with van der Waals surface area (Å²) in [6.45, 7) is 2.96. The second-order valence-corrected chi connectivity index (χ2v) is 5.11. The average Bonchev–Trinajstić information content (AvgIpc) is 2.41. The molecule has 1 aromatic carbocycles. The van der Waals surface area contributed by atoms with Crippen LogP contribution in [0.5, 0.6) is 0 Å². The van der Waals surface area contributed by atoms with Crippen LogP contribution in [0.2, 0.25) is 0 Å². The second-order valence-electron chi connectivity index (χ2n) is 5.11. The number of hydrogen-bond acceptors (Lipinski definition) is 3. The molecule has 2 rings (SSSR count). The first-order valence-corrected chi connectivity index (χ1v) is 6.77. The van der Waals surface area contributed by atoms with E-state index in [4.69, 9.17) is 5.73 Å². The van der Waals surface area contributed by atoms with Crippen LogP contribution >= 0.6 is 0 Å². The molecule has 0 saturated carbocycles. The summed E-state index contributed by atoms with van der Waals surface area (Å²) >= 11 is 0. The van der Waals surface area contributed by atoms with Gasteiger partial charge in [-0.2, -0.15) is 0 Å². The molecule has 1 saturated heterocycles. The molecule has 1 aromatic rings. The average molecular weight is 276 g/mol. The molecule has 1 aliphatic rings. The van der Waals surface area contributed by atoms with Gasteiger partial charge in [0.2, 0.25) is 5.91 Å². The number of primary amides is 1. The Labute approximate surface area is 118 Å². The molecule has 3 amide bonds. The van der Waals surface area contributed by atoms with Crippen LogP contribution in [-0.4, -0.2) is 24.5 Å². The number of nitrogens with one attached hydrogen (secondary N) is 3. The molecular weight excluding hydrogens is 256 g/mol. The van der Waals surface area contributed by atoms with Crippen LogP contribution in [0.15, 0.2) is 24.3 Å². The minimum atomic E-state index is -0.609. The molecule has 0 aliphatic carbocycles. The lowest BCUT2D eigenvalue weighted by atomic mass is 9.92. The number of amides is 3. The predicted molar refractivity (Wildman–Crippen MR) is 78.5 cm³/mol. The van der Waals surface area contributed by atoms with Gasteiger partial charge in [0.1, 0.15) is 0 Å². The van der Waals surface area contributed by atoms with Gasteiger partial charge >= 0.3 is 6.03 Å². The van der Waals surface area contributed by atoms with E-state index in [9.17, 15) is 9.59 Å². The molecule has 1 fully saturated rings. The van der Waals surface area contributed by atoms with E-state index in [1.165, 1.54) is 0 Å². The van der Waals surface area contributed by atoms with Crippen LogP contribution < -0.4 is 21.7 Å². The summed E-state index contributed by atoms with van der Waals surface area (Å²) in [7, 11) is 0. The lowest BCUT2D eigenvalue weighted by Crippen LogP contribution is -2.48. The summed E-state index contributed by atoms with van der Waals surface area (Å²) in [4.78, 5) is 22.9. The summed E-state index contributed by atoms with van der Waals surface area (Å²) in [5.74, 6) is 0.312. The van der Waals surface area contributed by atoms with Crippen LogP contribution in [-0.2, 0) is 4.79 Å². The van der Waals surface area contributed by atoms with Crippen LogP contribution in [0, 0.1) is 5.92 Å². The summed E-state index contributed by atoms with van der Waals surface area (Å²) in [6, 6.07) is 6.10. The molecule has 0 aromatic heterocycles. The summed E-state index contributed by atoms with van der Waals surface area (Å²) in [5.41, 5.74) is 6.32. The first-order valence-electron chi connectivity index (χ1n) is 6.77. The number of carbonyl (C=O) groups excluding carboxylic acids is 2. The van der Waals surface area contributed by atoms with Crippen molar-refractivity contribution in [1.29, 1.82) is 0 Å². The quantitative estimate of drug-likeness (QED) is 0.673. The van der Waals surface area contributed by atoms with E-state index in [0.29, 0.717) is 17.3 Å². The maximum Gasteiger partial charge on any atom is 0.316 e. The van der Waals surface area contributed by atoms with Gasteiger partial charge in [-0.15, -0.1) is 0 Å². The van der Waals surface area contributed by atoms with Crippen molar-refractivity contribution in [3.63, 3.8) is 0 Å². The smallest absolute Gasteiger partial charge is 0.316 e. The molecule has 6 nitrogen and oxygen atoms in total. The third kappa shape index (κ3) is 3.71. The van der Waals surface area contributed by atoms with Crippen LogP contribution in [0.25, 0.3) is 0 Å². The van der Waals surface area contributed by atoms with Gasteiger partial charge in [0, 0.05) is 11.4 Å². The molecule has 5 N–H and O–H groups in total. The zero-order chi connectivity index (χ0) is 14.5. The highest BCUT2D eigenvalue weighted by molar-refractivity contribution is 5.95. The van der Waals surface area contributed by atoms with Crippen molar-refractivity contribution in [2.75, 3.05) is 17.2 Å². The number of piperidine rings is 1. The van der Waals surface area contributed by atoms with Crippen molar-refractivity contribution in [2.45, 2.75) is 25.8 Å². The van der Waals surface area contributed by atoms with Crippen LogP contribution in [0.3, 0.4) is 0 Å². The number of anilines is 2. The normalized spacial score (nSPS) is 22.1. The van der Waals surface area contributed by atoms with E-state index in [-0.39, 0.29) is 11.9 Å². The summed E-state index contributed by atoms with van der Waals surface area (Å²) in [6.07, 6.45) is 2.17. The van der Waals surface area contributed by atoms with Crippen molar-refractivity contribution in [2.24, 2.45) is 11.7 Å². The van der Waals surface area contributed by atoms with Crippen molar-refractivity contribution >= 4 is 23.3 Å². The zero-order valence-electron chi connectivity index (χ0n) is 11.5. The van der Waals surface area contributed by atoms with E-state index in [1.54, 1.807) is 24.3 Å². The largest absolute Gasteiger partial charge is 0.351 e. The van der Waals surface area contributed by atoms with E-state index >= 15 is 0 Å². The van der Waals surface area contributed by atoms with E-state index in [2.05, 4.69) is 22.9 Å². The van der Waals surface area contributed by atoms with Gasteiger partial charge in [0.15, 0.2) is 0 Å². The lowest BCUT2D eigenvalue weighted by Gasteiger charge is -2.28. The Morgan fingerprint density at radius 3 is 2.35 bits per heavy atom. The maximum absolute atomic E-state index is 12.2. The minimum Gasteiger partial charge on any atom is -0.351 e. The lowest BCUT2D eigenvalue weighted by molar-refractivity contribution is -0.119. The number of urea groups is 1. The molecule has 1 aliphatic heterocycles. The van der Waals surface area contributed by atoms with Gasteiger partial charge in [0.25, 0.3) is 0 Å². The third-order valence-electron chi connectivity index (χ3n) is 3.47. The molecule has 6 heteroatoms. The summed E-state index contributed by atoms with van der Waals surface area (Å²) in [5, 5.41) is 8.59. The van der Waals surface area contributed by atoms with E-state index < -0.39 is 6.03 Å². The Morgan fingerprint density at radius 2 is 1.80 bits per heavy atom. The number of benzene rings is 1. The van der Waals surface area contributed by atoms with Gasteiger partial charge in [-0.05, 0) is 49.6 Å². The third-order valence-corrected chi connectivity index (χ3v) is 3.47. The molecule has 2 unspecified atom stereocenters. The topological polar surface area (TPSA) is 96.2 Å². The number of carbonyl (C=O) groups is 2. The molecule has 0 spiro atoms. The van der Waals surface area contributed by atoms with Gasteiger partial charge in [-0.3, -0.25) is 4.79 Å². The predicted octanol–water partition coefficient (Wildman–Crippen LogP) is 1.50. The number of rotatable bonds is 3. The van der Waals surface area contributed by atoms with Crippen molar-refractivity contribution < 1.29 is 9.59 Å². The molecule has 0 bridgehead atoms. The molecule has 0 radical (unpaired) electrons. The number of hydrogen-bond donors (Lipinski definition) is 4. The summed E-state index contributed by atoms with van der Waals surface area (Å²) < 4.78 is 0. The van der Waals surface area contributed by atoms with Crippen molar-refractivity contribution in [1.82, 2.24) is 5.32 Å². The molecular formula is C14H20N4O2. The molecule has 2 atom stereocenters. The zero-order valence-corrected chi connectivity index (χ0v) is 11.5. The first-order chi connectivity index (χ1) is 9.56. The number of nitrogens with two attached hydrogens (primary N) is 1. The Kier molecular flexibility index (Phi) is 4.57. The second kappa shape index (κ2) is 6.38. The molecule has 1 heterocycles. The van der Waals surface area contributed by atoms with Crippen LogP contribution in [0.4, 0.5) is 16.2 Å². The van der Waals surface area contributed by atoms with Crippen molar-refractivity contribution in [3.8, 4) is 0 Å². The fourth-order valence-electron chi connectivity index (χ4n) is 2.40. The Hall–Kier alpha value is -2.08. The highest BCUT2D eigenvalue weighted by Gasteiger charge is 2.27. The molecule has 20 heavy (non-hydrogen) atoms. The van der Waals surface area contributed by atoms with Gasteiger partial charge in [0.05, 0.1) is 6.04 Å². The van der Waals surface area contributed by atoms with Gasteiger partial charge in [-0.1, -0.05) is 6.92 Å². The fraction of sp³-hybridized carbons (Fsp3) is 0.429. The van der Waals surface area contributed by atoms with E-state index in [0.717, 1.165) is 19.4 Å². The molecule has 108 valence electrons. The van der Waals surface area contributed by atoms with Gasteiger partial charge in [-0.25, -0.2) is 4.79 Å². The monoisotopic (exact) mass is 276 g/mol. The van der Waals surface area contributed by atoms with E-state index in [1.807, 2.05) is 0 Å². The van der Waals surface area contributed by atoms with Crippen molar-refractivity contribution in [3.05, 3.63) is 24.3 Å². The SMILES string of the molecule is CC1CCCNC1C(=O)Nc1ccc(NC(N)=O)cc1. The minimum absolute atomic E-state index is 0.0205. The highest BCUT2D eigenvalue weighted by atomic mass is 16.2. The highest BCUT2D eigenvalue weighted by Crippen LogP contribution is 2.18.